The Morgan fingerprint density at radius 1 is 0.833 bits per heavy atom. The van der Waals surface area contributed by atoms with Crippen LogP contribution in [0.5, 0.6) is 0 Å². The number of carbonyl (C=O) groups is 1. The lowest BCUT2D eigenvalue weighted by Crippen LogP contribution is -2.22. The molecule has 0 unspecified atom stereocenters. The summed E-state index contributed by atoms with van der Waals surface area (Å²) in [6, 6.07) is 0. The molecule has 12 heavy (non-hydrogen) atoms. The number of ketones is 1. The van der Waals surface area contributed by atoms with Gasteiger partial charge in [0.05, 0.1) is 0 Å². The van der Waals surface area contributed by atoms with Gasteiger partial charge in [-0.2, -0.15) is 0 Å². The van der Waals surface area contributed by atoms with Crippen LogP contribution < -0.4 is 0 Å². The van der Waals surface area contributed by atoms with Gasteiger partial charge in [0, 0.05) is 11.8 Å². The van der Waals surface area contributed by atoms with Gasteiger partial charge in [0.25, 0.3) is 0 Å². The Hall–Kier alpha value is -0.330. The predicted octanol–water partition coefficient (Wildman–Crippen LogP) is 2.40. The van der Waals surface area contributed by atoms with Crippen LogP contribution in [0.25, 0.3) is 0 Å². The van der Waals surface area contributed by atoms with Crippen molar-refractivity contribution in [2.45, 2.75) is 38.5 Å². The summed E-state index contributed by atoms with van der Waals surface area (Å²) in [5.74, 6) is 3.32. The Balaban J connectivity index is 1.97. The van der Waals surface area contributed by atoms with E-state index in [0.29, 0.717) is 17.6 Å². The molecule has 0 amide bonds. The van der Waals surface area contributed by atoms with Crippen LogP contribution in [0.3, 0.4) is 0 Å². The molecule has 0 saturated heterocycles. The fourth-order valence-corrected chi connectivity index (χ4v) is 3.98. The number of hydrogen-bond donors (Lipinski definition) is 0. The van der Waals surface area contributed by atoms with Gasteiger partial charge in [0.1, 0.15) is 5.78 Å². The predicted molar refractivity (Wildman–Crippen MR) is 46.7 cm³/mol. The molecule has 4 atom stereocenters. The molecule has 1 heteroatoms. The van der Waals surface area contributed by atoms with Crippen LogP contribution in [0.4, 0.5) is 0 Å². The van der Waals surface area contributed by atoms with Crippen molar-refractivity contribution in [2.24, 2.45) is 23.7 Å². The van der Waals surface area contributed by atoms with Gasteiger partial charge in [-0.15, -0.1) is 0 Å². The summed E-state index contributed by atoms with van der Waals surface area (Å²) < 4.78 is 0. The van der Waals surface area contributed by atoms with Gasteiger partial charge < -0.3 is 0 Å². The van der Waals surface area contributed by atoms with Gasteiger partial charge >= 0.3 is 0 Å². The van der Waals surface area contributed by atoms with Crippen LogP contribution in [0.15, 0.2) is 0 Å². The topological polar surface area (TPSA) is 17.1 Å². The van der Waals surface area contributed by atoms with E-state index in [0.717, 1.165) is 11.8 Å². The molecule has 0 aliphatic heterocycles. The third-order valence-electron chi connectivity index (χ3n) is 4.42. The summed E-state index contributed by atoms with van der Waals surface area (Å²) >= 11 is 0. The summed E-state index contributed by atoms with van der Waals surface area (Å²) in [7, 11) is 0. The standard InChI is InChI=1S/C11H16O/c12-11-9-5-2-6-10(11)8-4-1-3-7(8)9/h7-10H,1-6H2/t7-,8+,9-,10+. The SMILES string of the molecule is O=C1[C@H]2CCC[C@@H]1[C@@H]1CCC[C@@H]12. The van der Waals surface area contributed by atoms with E-state index < -0.39 is 0 Å². The zero-order valence-corrected chi connectivity index (χ0v) is 7.46. The van der Waals surface area contributed by atoms with Crippen molar-refractivity contribution in [1.82, 2.24) is 0 Å². The minimum absolute atomic E-state index is 0.510. The number of Topliss-reactive ketones (excluding diaryl/α,β-unsaturated/α-hetero) is 1. The van der Waals surface area contributed by atoms with Crippen LogP contribution in [-0.2, 0) is 4.79 Å². The van der Waals surface area contributed by atoms with Gasteiger partial charge in [-0.3, -0.25) is 4.79 Å². The fourth-order valence-electron chi connectivity index (χ4n) is 3.98. The van der Waals surface area contributed by atoms with E-state index in [4.69, 9.17) is 0 Å². The lowest BCUT2D eigenvalue weighted by atomic mass is 9.84. The summed E-state index contributed by atoms with van der Waals surface area (Å²) in [5, 5.41) is 0. The minimum atomic E-state index is 0.510. The largest absolute Gasteiger partial charge is 0.299 e. The smallest absolute Gasteiger partial charge is 0.139 e. The highest BCUT2D eigenvalue weighted by Crippen LogP contribution is 2.54. The molecule has 0 aromatic rings. The Morgan fingerprint density at radius 2 is 1.33 bits per heavy atom. The molecule has 3 saturated carbocycles. The summed E-state index contributed by atoms with van der Waals surface area (Å²) in [5.41, 5.74) is 0. The molecule has 1 nitrogen and oxygen atoms in total. The van der Waals surface area contributed by atoms with E-state index in [1.54, 1.807) is 0 Å². The maximum atomic E-state index is 11.8. The Labute approximate surface area is 73.5 Å². The van der Waals surface area contributed by atoms with E-state index in [2.05, 4.69) is 0 Å². The van der Waals surface area contributed by atoms with Crippen molar-refractivity contribution >= 4 is 5.78 Å². The molecule has 0 radical (unpaired) electrons. The first-order valence-electron chi connectivity index (χ1n) is 5.41. The van der Waals surface area contributed by atoms with E-state index in [9.17, 15) is 4.79 Å². The number of hydrogen-bond acceptors (Lipinski definition) is 1. The van der Waals surface area contributed by atoms with Crippen molar-refractivity contribution in [2.75, 3.05) is 0 Å². The van der Waals surface area contributed by atoms with Crippen molar-refractivity contribution in [3.8, 4) is 0 Å². The van der Waals surface area contributed by atoms with Crippen molar-refractivity contribution in [3.05, 3.63) is 0 Å². The molecule has 3 fully saturated rings. The van der Waals surface area contributed by atoms with Crippen LogP contribution in [-0.4, -0.2) is 5.78 Å². The first-order chi connectivity index (χ1) is 5.88. The average molecular weight is 164 g/mol. The molecule has 0 heterocycles. The van der Waals surface area contributed by atoms with Gasteiger partial charge in [-0.05, 0) is 37.5 Å². The first-order valence-corrected chi connectivity index (χ1v) is 5.41. The highest BCUT2D eigenvalue weighted by molar-refractivity contribution is 5.87. The molecule has 3 aliphatic rings. The molecule has 2 bridgehead atoms. The molecule has 66 valence electrons. The Kier molecular flexibility index (Phi) is 1.38. The molecule has 0 aromatic heterocycles. The third-order valence-corrected chi connectivity index (χ3v) is 4.42. The zero-order chi connectivity index (χ0) is 8.13. The second kappa shape index (κ2) is 2.34. The van der Waals surface area contributed by atoms with Crippen molar-refractivity contribution in [1.29, 1.82) is 0 Å². The minimum Gasteiger partial charge on any atom is -0.299 e. The molecule has 0 aromatic carbocycles. The molecule has 3 rings (SSSR count). The molecule has 0 N–H and O–H groups in total. The summed E-state index contributed by atoms with van der Waals surface area (Å²) in [4.78, 5) is 11.8. The summed E-state index contributed by atoms with van der Waals surface area (Å²) in [6.45, 7) is 0. The van der Waals surface area contributed by atoms with Crippen LogP contribution >= 0.6 is 0 Å². The Morgan fingerprint density at radius 3 is 1.92 bits per heavy atom. The summed E-state index contributed by atoms with van der Waals surface area (Å²) in [6.07, 6.45) is 7.88. The van der Waals surface area contributed by atoms with E-state index in [1.807, 2.05) is 0 Å². The van der Waals surface area contributed by atoms with Gasteiger partial charge in [-0.25, -0.2) is 0 Å². The second-order valence-electron chi connectivity index (χ2n) is 4.80. The van der Waals surface area contributed by atoms with Crippen LogP contribution in [0, 0.1) is 23.7 Å². The van der Waals surface area contributed by atoms with Gasteiger partial charge in [-0.1, -0.05) is 12.8 Å². The van der Waals surface area contributed by atoms with Crippen LogP contribution in [0.1, 0.15) is 38.5 Å². The van der Waals surface area contributed by atoms with Crippen molar-refractivity contribution < 1.29 is 4.79 Å². The highest BCUT2D eigenvalue weighted by Gasteiger charge is 2.52. The maximum absolute atomic E-state index is 11.8. The quantitative estimate of drug-likeness (QED) is 0.537. The van der Waals surface area contributed by atoms with E-state index in [-0.39, 0.29) is 0 Å². The third kappa shape index (κ3) is 0.725. The molecular formula is C11H16O. The number of carbonyl (C=O) groups excluding carboxylic acids is 1. The van der Waals surface area contributed by atoms with Crippen LogP contribution in [0.2, 0.25) is 0 Å². The van der Waals surface area contributed by atoms with Crippen molar-refractivity contribution in [3.63, 3.8) is 0 Å². The maximum Gasteiger partial charge on any atom is 0.139 e. The highest BCUT2D eigenvalue weighted by atomic mass is 16.1. The van der Waals surface area contributed by atoms with E-state index >= 15 is 0 Å². The lowest BCUT2D eigenvalue weighted by molar-refractivity contribution is -0.126. The fraction of sp³-hybridized carbons (Fsp3) is 0.909. The van der Waals surface area contributed by atoms with E-state index in [1.165, 1.54) is 38.5 Å². The normalized spacial score (nSPS) is 51.2. The number of fused-ring (bicyclic) bond motifs is 5. The number of rotatable bonds is 0. The lowest BCUT2D eigenvalue weighted by Gasteiger charge is -2.19. The average Bonchev–Trinajstić information content (AvgIpc) is 2.57. The monoisotopic (exact) mass is 164 g/mol. The Bertz CT molecular complexity index is 201. The van der Waals surface area contributed by atoms with Gasteiger partial charge in [0.15, 0.2) is 0 Å². The molecule has 0 spiro atoms. The first kappa shape index (κ1) is 7.11. The molecular weight excluding hydrogens is 148 g/mol. The zero-order valence-electron chi connectivity index (χ0n) is 7.46. The second-order valence-corrected chi connectivity index (χ2v) is 4.80. The molecule has 3 aliphatic carbocycles. The van der Waals surface area contributed by atoms with Gasteiger partial charge in [0.2, 0.25) is 0 Å².